The van der Waals surface area contributed by atoms with E-state index in [0.717, 1.165) is 34.7 Å². The van der Waals surface area contributed by atoms with Crippen molar-refractivity contribution in [3.8, 4) is 0 Å². The third-order valence-corrected chi connectivity index (χ3v) is 6.50. The van der Waals surface area contributed by atoms with Gasteiger partial charge in [0.25, 0.3) is 5.91 Å². The van der Waals surface area contributed by atoms with Gasteiger partial charge in [-0.3, -0.25) is 14.4 Å². The van der Waals surface area contributed by atoms with Gasteiger partial charge in [-0.15, -0.1) is 0 Å². The van der Waals surface area contributed by atoms with Crippen LogP contribution in [0.5, 0.6) is 0 Å². The molecule has 0 fully saturated rings. The molecule has 0 atom stereocenters. The summed E-state index contributed by atoms with van der Waals surface area (Å²) >= 11 is 0.773. The number of benzene rings is 2. The number of nitrogens with one attached hydrogen (secondary N) is 1. The average molecular weight is 773 g/mol. The summed E-state index contributed by atoms with van der Waals surface area (Å²) in [6, 6.07) is 1.04. The van der Waals surface area contributed by atoms with E-state index in [0.29, 0.717) is 20.2 Å². The maximum Gasteiger partial charge on any atom is 0.435 e. The second-order valence-electron chi connectivity index (χ2n) is 8.77. The smallest absolute Gasteiger partial charge is 0.328 e. The van der Waals surface area contributed by atoms with Crippen molar-refractivity contribution >= 4 is 51.7 Å². The zero-order valence-electron chi connectivity index (χ0n) is 21.4. The molecule has 0 aliphatic carbocycles. The Hall–Kier alpha value is -3.40. The number of halogens is 15. The van der Waals surface area contributed by atoms with Crippen LogP contribution in [-0.4, -0.2) is 61.8 Å². The number of amides is 3. The van der Waals surface area contributed by atoms with Crippen LogP contribution in [-0.2, 0) is 21.4 Å². The van der Waals surface area contributed by atoms with Crippen LogP contribution in [0.4, 0.5) is 72.8 Å². The normalized spacial score (nSPS) is 13.0. The zero-order valence-corrected chi connectivity index (χ0v) is 23.5. The van der Waals surface area contributed by atoms with Gasteiger partial charge < -0.3 is 15.1 Å². The third-order valence-electron chi connectivity index (χ3n) is 5.65. The van der Waals surface area contributed by atoms with Gasteiger partial charge in [0.2, 0.25) is 0 Å². The summed E-state index contributed by atoms with van der Waals surface area (Å²) in [5.41, 5.74) is -14.8. The molecule has 0 aromatic heterocycles. The van der Waals surface area contributed by atoms with Gasteiger partial charge in [0.05, 0.1) is 22.5 Å². The lowest BCUT2D eigenvalue weighted by atomic mass is 9.92. The molecule has 2 aromatic carbocycles. The molecule has 0 unspecified atom stereocenters. The number of carbonyl (C=O) groups excluding carboxylic acids is 3. The number of hydrogen-bond donors (Lipinski definition) is 1. The standard InChI is InChI=1S/C23H14F14IN3O3/c1-40(8-19(25,26)27)17(43)18(44)41(2)13-5-3-4-10(14(13)24)16(42)39-15-11(21(29,30)31)6-9(7-12(15)38)20(28,22(32,33)34)23(35,36)37/h3-7H,8H2,1-2H3,(H,39,42). The quantitative estimate of drug-likeness (QED) is 0.203. The fraction of sp³-hybridized carbons (Fsp3) is 0.348. The van der Waals surface area contributed by atoms with Crippen molar-refractivity contribution in [1.29, 1.82) is 0 Å². The Labute approximate surface area is 250 Å². The minimum absolute atomic E-state index is 0.0682. The monoisotopic (exact) mass is 773 g/mol. The van der Waals surface area contributed by atoms with Gasteiger partial charge in [0.15, 0.2) is 5.82 Å². The van der Waals surface area contributed by atoms with Gasteiger partial charge in [-0.25, -0.2) is 8.78 Å². The van der Waals surface area contributed by atoms with Crippen LogP contribution >= 0.6 is 22.6 Å². The Kier molecular flexibility index (Phi) is 10.2. The fourth-order valence-corrected chi connectivity index (χ4v) is 4.30. The van der Waals surface area contributed by atoms with Gasteiger partial charge >= 0.3 is 42.2 Å². The van der Waals surface area contributed by atoms with Gasteiger partial charge in [0.1, 0.15) is 6.54 Å². The van der Waals surface area contributed by atoms with Crippen molar-refractivity contribution in [3.05, 3.63) is 56.4 Å². The molecule has 2 rings (SSSR count). The molecule has 0 bridgehead atoms. The van der Waals surface area contributed by atoms with E-state index in [1.54, 1.807) is 0 Å². The SMILES string of the molecule is CN(CC(F)(F)F)C(=O)C(=O)N(C)c1cccc(C(=O)Nc2c(I)cc(C(F)(C(F)(F)F)C(F)(F)F)cc2C(F)(F)F)c1F. The molecule has 0 saturated carbocycles. The van der Waals surface area contributed by atoms with Crippen molar-refractivity contribution in [1.82, 2.24) is 4.90 Å². The molecule has 0 saturated heterocycles. The third kappa shape index (κ3) is 7.45. The molecule has 3 amide bonds. The number of hydrogen-bond acceptors (Lipinski definition) is 3. The first-order chi connectivity index (χ1) is 19.6. The molecule has 0 aliphatic heterocycles. The lowest BCUT2D eigenvalue weighted by Gasteiger charge is -2.31. The van der Waals surface area contributed by atoms with Gasteiger partial charge in [-0.2, -0.15) is 52.7 Å². The molecule has 0 radical (unpaired) electrons. The van der Waals surface area contributed by atoms with E-state index in [9.17, 15) is 71.5 Å². The Balaban J connectivity index is 2.57. The minimum Gasteiger partial charge on any atom is -0.328 e. The second kappa shape index (κ2) is 12.2. The van der Waals surface area contributed by atoms with Crippen LogP contribution in [0.2, 0.25) is 0 Å². The van der Waals surface area contributed by atoms with Crippen molar-refractivity contribution in [2.45, 2.75) is 30.4 Å². The van der Waals surface area contributed by atoms with Crippen molar-refractivity contribution in [2.24, 2.45) is 0 Å². The number of likely N-dealkylation sites (N-methyl/N-ethyl adjacent to an activating group) is 2. The molecule has 2 aromatic rings. The van der Waals surface area contributed by atoms with Crippen LogP contribution < -0.4 is 10.2 Å². The summed E-state index contributed by atoms with van der Waals surface area (Å²) in [6.07, 6.45) is -24.3. The Morgan fingerprint density at radius 2 is 1.34 bits per heavy atom. The number of anilines is 2. The van der Waals surface area contributed by atoms with E-state index < -0.39 is 98.2 Å². The number of rotatable bonds is 5. The van der Waals surface area contributed by atoms with Crippen molar-refractivity contribution in [3.63, 3.8) is 0 Å². The Morgan fingerprint density at radius 1 is 0.818 bits per heavy atom. The van der Waals surface area contributed by atoms with Crippen LogP contribution in [0.3, 0.4) is 0 Å². The molecule has 244 valence electrons. The van der Waals surface area contributed by atoms with Crippen LogP contribution in [0, 0.1) is 9.39 Å². The minimum atomic E-state index is -6.78. The van der Waals surface area contributed by atoms with E-state index in [4.69, 9.17) is 0 Å². The first kappa shape index (κ1) is 36.8. The lowest BCUT2D eigenvalue weighted by Crippen LogP contribution is -2.50. The summed E-state index contributed by atoms with van der Waals surface area (Å²) in [6.45, 7) is -1.88. The largest absolute Gasteiger partial charge is 0.435 e. The average Bonchev–Trinajstić information content (AvgIpc) is 2.84. The molecule has 0 spiro atoms. The highest BCUT2D eigenvalue weighted by atomic mass is 127. The summed E-state index contributed by atoms with van der Waals surface area (Å²) in [5.74, 6) is -7.09. The van der Waals surface area contributed by atoms with Gasteiger partial charge in [-0.05, 0) is 46.9 Å². The predicted octanol–water partition coefficient (Wildman–Crippen LogP) is 6.97. The molecular weight excluding hydrogens is 759 g/mol. The molecule has 6 nitrogen and oxygen atoms in total. The molecular formula is C23H14F14IN3O3. The summed E-state index contributed by atoms with van der Waals surface area (Å²) < 4.78 is 186. The molecule has 0 aliphatic rings. The van der Waals surface area contributed by atoms with Crippen LogP contribution in [0.15, 0.2) is 30.3 Å². The first-order valence-corrected chi connectivity index (χ1v) is 12.2. The maximum absolute atomic E-state index is 15.2. The van der Waals surface area contributed by atoms with E-state index >= 15 is 4.39 Å². The van der Waals surface area contributed by atoms with E-state index in [2.05, 4.69) is 0 Å². The Bertz CT molecular complexity index is 1440. The molecule has 0 heterocycles. The predicted molar refractivity (Wildman–Crippen MR) is 131 cm³/mol. The highest BCUT2D eigenvalue weighted by Crippen LogP contribution is 2.54. The van der Waals surface area contributed by atoms with Crippen molar-refractivity contribution in [2.75, 3.05) is 30.9 Å². The summed E-state index contributed by atoms with van der Waals surface area (Å²) in [5, 5.41) is 1.47. The van der Waals surface area contributed by atoms with E-state index in [1.165, 1.54) is 5.32 Å². The molecule has 1 N–H and O–H groups in total. The number of alkyl halides is 13. The maximum atomic E-state index is 15.2. The number of carbonyl (C=O) groups is 3. The first-order valence-electron chi connectivity index (χ1n) is 11.1. The van der Waals surface area contributed by atoms with Crippen LogP contribution in [0.1, 0.15) is 21.5 Å². The van der Waals surface area contributed by atoms with Crippen LogP contribution in [0.25, 0.3) is 0 Å². The molecule has 21 heteroatoms. The highest BCUT2D eigenvalue weighted by molar-refractivity contribution is 14.1. The van der Waals surface area contributed by atoms with Gasteiger partial charge in [-0.1, -0.05) is 6.07 Å². The Morgan fingerprint density at radius 3 is 1.80 bits per heavy atom. The second-order valence-corrected chi connectivity index (χ2v) is 9.93. The van der Waals surface area contributed by atoms with E-state index in [1.807, 2.05) is 0 Å². The zero-order chi connectivity index (χ0) is 34.4. The lowest BCUT2D eigenvalue weighted by molar-refractivity contribution is -0.348. The number of nitrogens with zero attached hydrogens (tertiary/aromatic N) is 2. The summed E-state index contributed by atoms with van der Waals surface area (Å²) in [7, 11) is 1.28. The van der Waals surface area contributed by atoms with Crippen molar-refractivity contribution < 1.29 is 75.8 Å². The van der Waals surface area contributed by atoms with E-state index in [-0.39, 0.29) is 15.9 Å². The topological polar surface area (TPSA) is 69.7 Å². The van der Waals surface area contributed by atoms with Gasteiger partial charge in [0, 0.05) is 23.2 Å². The molecule has 44 heavy (non-hydrogen) atoms. The highest BCUT2D eigenvalue weighted by Gasteiger charge is 2.73. The summed E-state index contributed by atoms with van der Waals surface area (Å²) in [4.78, 5) is 37.2. The fourth-order valence-electron chi connectivity index (χ4n) is 3.54.